The van der Waals surface area contributed by atoms with E-state index in [-0.39, 0.29) is 25.2 Å². The third kappa shape index (κ3) is 6.76. The number of carbonyl (C=O) groups excluding carboxylic acids is 1. The Labute approximate surface area is 150 Å². The molecule has 0 bridgehead atoms. The fourth-order valence-electron chi connectivity index (χ4n) is 2.34. The molecule has 0 saturated carbocycles. The van der Waals surface area contributed by atoms with Crippen LogP contribution < -0.4 is 11.1 Å². The molecule has 1 amide bonds. The van der Waals surface area contributed by atoms with Crippen molar-refractivity contribution in [1.29, 1.82) is 0 Å². The maximum atomic E-state index is 13.2. The quantitative estimate of drug-likeness (QED) is 0.817. The second-order valence-corrected chi connectivity index (χ2v) is 5.59. The number of nitrogens with two attached hydrogens (primary N) is 1. The van der Waals surface area contributed by atoms with Gasteiger partial charge in [0, 0.05) is 6.42 Å². The molecule has 136 valence electrons. The topological polar surface area (TPSA) is 55.1 Å². The first kappa shape index (κ1) is 21.0. The van der Waals surface area contributed by atoms with E-state index in [1.165, 1.54) is 0 Å². The van der Waals surface area contributed by atoms with E-state index in [1.54, 1.807) is 54.6 Å². The zero-order chi connectivity index (χ0) is 17.6. The van der Waals surface area contributed by atoms with E-state index in [0.717, 1.165) is 5.56 Å². The molecule has 25 heavy (non-hydrogen) atoms. The molecule has 2 aromatic rings. The monoisotopic (exact) mass is 372 g/mol. The third-order valence-electron chi connectivity index (χ3n) is 3.63. The second kappa shape index (κ2) is 9.44. The van der Waals surface area contributed by atoms with Crippen molar-refractivity contribution >= 4 is 18.3 Å². The number of amides is 1. The second-order valence-electron chi connectivity index (χ2n) is 5.59. The van der Waals surface area contributed by atoms with Gasteiger partial charge in [-0.05, 0) is 17.5 Å². The van der Waals surface area contributed by atoms with E-state index in [2.05, 4.69) is 0 Å². The van der Waals surface area contributed by atoms with Crippen molar-refractivity contribution in [1.82, 2.24) is 5.32 Å². The van der Waals surface area contributed by atoms with Crippen LogP contribution in [0, 0.1) is 0 Å². The highest BCUT2D eigenvalue weighted by molar-refractivity contribution is 5.85. The van der Waals surface area contributed by atoms with Crippen LogP contribution in [0.3, 0.4) is 0 Å². The summed E-state index contributed by atoms with van der Waals surface area (Å²) in [5.41, 5.74) is 7.05. The van der Waals surface area contributed by atoms with E-state index in [4.69, 9.17) is 5.73 Å². The molecule has 0 radical (unpaired) electrons. The van der Waals surface area contributed by atoms with Crippen molar-refractivity contribution in [2.24, 2.45) is 5.73 Å². The summed E-state index contributed by atoms with van der Waals surface area (Å²) in [4.78, 5) is 12.1. The summed E-state index contributed by atoms with van der Waals surface area (Å²) in [6.07, 6.45) is -4.69. The first-order valence-corrected chi connectivity index (χ1v) is 7.57. The number of nitrogens with one attached hydrogen (secondary N) is 1. The number of benzene rings is 2. The average molecular weight is 373 g/mol. The van der Waals surface area contributed by atoms with Crippen molar-refractivity contribution < 1.29 is 18.0 Å². The minimum atomic E-state index is -4.54. The maximum absolute atomic E-state index is 13.2. The Balaban J connectivity index is 0.00000312. The number of alkyl halides is 3. The molecule has 0 aromatic heterocycles. The van der Waals surface area contributed by atoms with Gasteiger partial charge in [0.2, 0.25) is 5.91 Å². The van der Waals surface area contributed by atoms with Crippen LogP contribution in [0.4, 0.5) is 13.2 Å². The molecular formula is C18H20ClF3N2O. The molecule has 0 saturated heterocycles. The fraction of sp³-hybridized carbons (Fsp3) is 0.278. The summed E-state index contributed by atoms with van der Waals surface area (Å²) in [7, 11) is 0. The summed E-state index contributed by atoms with van der Waals surface area (Å²) in [6, 6.07) is 14.2. The van der Waals surface area contributed by atoms with Crippen LogP contribution >= 0.6 is 12.4 Å². The third-order valence-corrected chi connectivity index (χ3v) is 3.63. The lowest BCUT2D eigenvalue weighted by molar-refractivity contribution is -0.161. The van der Waals surface area contributed by atoms with Gasteiger partial charge >= 0.3 is 6.18 Å². The van der Waals surface area contributed by atoms with Crippen LogP contribution in [0.5, 0.6) is 0 Å². The van der Waals surface area contributed by atoms with Crippen molar-refractivity contribution in [3.05, 3.63) is 71.8 Å². The van der Waals surface area contributed by atoms with Crippen LogP contribution in [0.25, 0.3) is 0 Å². The highest BCUT2D eigenvalue weighted by Gasteiger charge is 2.41. The zero-order valence-corrected chi connectivity index (χ0v) is 14.2. The van der Waals surface area contributed by atoms with Gasteiger partial charge in [-0.25, -0.2) is 0 Å². The van der Waals surface area contributed by atoms with Crippen molar-refractivity contribution in [3.63, 3.8) is 0 Å². The van der Waals surface area contributed by atoms with Crippen molar-refractivity contribution in [3.8, 4) is 0 Å². The maximum Gasteiger partial charge on any atom is 0.408 e. The molecule has 2 rings (SSSR count). The highest BCUT2D eigenvalue weighted by Crippen LogP contribution is 2.23. The molecule has 3 N–H and O–H groups in total. The van der Waals surface area contributed by atoms with Crippen molar-refractivity contribution in [2.45, 2.75) is 31.1 Å². The lowest BCUT2D eigenvalue weighted by Gasteiger charge is -2.23. The van der Waals surface area contributed by atoms with E-state index in [0.29, 0.717) is 5.56 Å². The van der Waals surface area contributed by atoms with Gasteiger partial charge in [-0.3, -0.25) is 4.79 Å². The van der Waals surface area contributed by atoms with E-state index < -0.39 is 24.2 Å². The van der Waals surface area contributed by atoms with Crippen LogP contribution in [-0.4, -0.2) is 24.2 Å². The standard InChI is InChI=1S/C18H19F3N2O.ClH/c19-18(20,21)16(12-14-9-5-2-6-10-14)23-17(24)15(22)11-13-7-3-1-4-8-13;/h1-10,15-16H,11-12,22H2,(H,23,24);1H/t15-,16?;/m0./s1. The normalized spacial score (nSPS) is 13.4. The molecule has 0 aliphatic heterocycles. The van der Waals surface area contributed by atoms with Crippen LogP contribution in [-0.2, 0) is 17.6 Å². The van der Waals surface area contributed by atoms with Gasteiger partial charge in [-0.15, -0.1) is 12.4 Å². The molecule has 0 fully saturated rings. The Bertz CT molecular complexity index is 650. The van der Waals surface area contributed by atoms with Gasteiger partial charge in [-0.2, -0.15) is 13.2 Å². The molecule has 0 heterocycles. The molecule has 0 spiro atoms. The number of carbonyl (C=O) groups is 1. The van der Waals surface area contributed by atoms with Crippen LogP contribution in [0.15, 0.2) is 60.7 Å². The Kier molecular flexibility index (Phi) is 7.93. The summed E-state index contributed by atoms with van der Waals surface area (Å²) in [5, 5.41) is 2.04. The molecule has 1 unspecified atom stereocenters. The smallest absolute Gasteiger partial charge is 0.343 e. The molecule has 2 aromatic carbocycles. The van der Waals surface area contributed by atoms with E-state index in [1.807, 2.05) is 11.4 Å². The predicted octanol–water partition coefficient (Wildman–Crippen LogP) is 3.27. The van der Waals surface area contributed by atoms with Crippen molar-refractivity contribution in [2.75, 3.05) is 0 Å². The Morgan fingerprint density at radius 3 is 1.80 bits per heavy atom. The van der Waals surface area contributed by atoms with Gasteiger partial charge in [-0.1, -0.05) is 60.7 Å². The predicted molar refractivity (Wildman–Crippen MR) is 93.5 cm³/mol. The van der Waals surface area contributed by atoms with Gasteiger partial charge < -0.3 is 11.1 Å². The summed E-state index contributed by atoms with van der Waals surface area (Å²) >= 11 is 0. The first-order valence-electron chi connectivity index (χ1n) is 7.57. The Morgan fingerprint density at radius 2 is 1.36 bits per heavy atom. The summed E-state index contributed by atoms with van der Waals surface area (Å²) in [5.74, 6) is -0.808. The van der Waals surface area contributed by atoms with Gasteiger partial charge in [0.15, 0.2) is 0 Å². The number of rotatable bonds is 6. The zero-order valence-electron chi connectivity index (χ0n) is 13.4. The Hall–Kier alpha value is -2.05. The minimum absolute atomic E-state index is 0. The summed E-state index contributed by atoms with van der Waals surface area (Å²) in [6.45, 7) is 0. The highest BCUT2D eigenvalue weighted by atomic mass is 35.5. The largest absolute Gasteiger partial charge is 0.408 e. The number of hydrogen-bond donors (Lipinski definition) is 2. The number of hydrogen-bond acceptors (Lipinski definition) is 2. The average Bonchev–Trinajstić information content (AvgIpc) is 2.55. The Morgan fingerprint density at radius 1 is 0.920 bits per heavy atom. The molecular weight excluding hydrogens is 353 g/mol. The molecule has 3 nitrogen and oxygen atoms in total. The number of halogens is 4. The van der Waals surface area contributed by atoms with Gasteiger partial charge in [0.1, 0.15) is 6.04 Å². The van der Waals surface area contributed by atoms with Gasteiger partial charge in [0.05, 0.1) is 6.04 Å². The lowest BCUT2D eigenvalue weighted by Crippen LogP contribution is -2.52. The molecule has 2 atom stereocenters. The van der Waals surface area contributed by atoms with Gasteiger partial charge in [0.25, 0.3) is 0 Å². The molecule has 7 heteroatoms. The fourth-order valence-corrected chi connectivity index (χ4v) is 2.34. The molecule has 0 aliphatic rings. The van der Waals surface area contributed by atoms with E-state index >= 15 is 0 Å². The van der Waals surface area contributed by atoms with Crippen LogP contribution in [0.1, 0.15) is 11.1 Å². The van der Waals surface area contributed by atoms with Crippen LogP contribution in [0.2, 0.25) is 0 Å². The van der Waals surface area contributed by atoms with E-state index in [9.17, 15) is 18.0 Å². The SMILES string of the molecule is Cl.N[C@@H](Cc1ccccc1)C(=O)NC(Cc1ccccc1)C(F)(F)F. The summed E-state index contributed by atoms with van der Waals surface area (Å²) < 4.78 is 39.6. The molecule has 0 aliphatic carbocycles. The minimum Gasteiger partial charge on any atom is -0.343 e. The first-order chi connectivity index (χ1) is 11.4. The lowest BCUT2D eigenvalue weighted by atomic mass is 10.0.